The van der Waals surface area contributed by atoms with Crippen molar-refractivity contribution in [3.63, 3.8) is 0 Å². The second kappa shape index (κ2) is 4.36. The van der Waals surface area contributed by atoms with E-state index in [2.05, 4.69) is 49.1 Å². The second-order valence-corrected chi connectivity index (χ2v) is 6.20. The lowest BCUT2D eigenvalue weighted by Crippen LogP contribution is -2.53. The van der Waals surface area contributed by atoms with Crippen molar-refractivity contribution in [1.29, 1.82) is 0 Å². The van der Waals surface area contributed by atoms with Gasteiger partial charge in [-0.15, -0.1) is 0 Å². The summed E-state index contributed by atoms with van der Waals surface area (Å²) >= 11 is 0. The molecule has 0 radical (unpaired) electrons. The largest absolute Gasteiger partial charge is 0.366 e. The molecule has 2 aliphatic heterocycles. The first-order chi connectivity index (χ1) is 8.24. The topological polar surface area (TPSA) is 3.24 Å². The average molecular weight is 229 g/mol. The highest BCUT2D eigenvalue weighted by Gasteiger charge is 2.39. The molecular formula is C16H23N. The Morgan fingerprint density at radius 1 is 0.824 bits per heavy atom. The van der Waals surface area contributed by atoms with Crippen LogP contribution in [0.4, 0.5) is 5.69 Å². The normalized spacial score (nSPS) is 36.9. The molecule has 0 saturated carbocycles. The van der Waals surface area contributed by atoms with Gasteiger partial charge in [0.05, 0.1) is 0 Å². The van der Waals surface area contributed by atoms with Crippen LogP contribution in [0.1, 0.15) is 39.5 Å². The number of fused-ring (bicyclic) bond motifs is 2. The smallest absolute Gasteiger partial charge is 0.0371 e. The Morgan fingerprint density at radius 2 is 1.29 bits per heavy atom. The van der Waals surface area contributed by atoms with Crippen LogP contribution in [0.3, 0.4) is 0 Å². The number of rotatable bonds is 1. The van der Waals surface area contributed by atoms with Gasteiger partial charge in [-0.1, -0.05) is 32.0 Å². The Bertz CT molecular complexity index is 342. The predicted molar refractivity (Wildman–Crippen MR) is 73.3 cm³/mol. The average Bonchev–Trinajstić information content (AvgIpc) is 2.28. The molecular weight excluding hydrogens is 206 g/mol. The summed E-state index contributed by atoms with van der Waals surface area (Å²) in [7, 11) is 0. The molecule has 2 heterocycles. The molecule has 0 amide bonds. The fourth-order valence-electron chi connectivity index (χ4n) is 4.02. The molecule has 17 heavy (non-hydrogen) atoms. The Hall–Kier alpha value is -0.980. The molecule has 1 heteroatoms. The van der Waals surface area contributed by atoms with Gasteiger partial charge in [-0.05, 0) is 49.7 Å². The Morgan fingerprint density at radius 3 is 1.76 bits per heavy atom. The molecule has 3 rings (SSSR count). The number of hydrogen-bond donors (Lipinski definition) is 0. The van der Waals surface area contributed by atoms with E-state index in [0.29, 0.717) is 0 Å². The Balaban J connectivity index is 1.90. The van der Waals surface area contributed by atoms with Gasteiger partial charge < -0.3 is 4.90 Å². The third kappa shape index (κ3) is 2.08. The van der Waals surface area contributed by atoms with E-state index in [1.54, 1.807) is 0 Å². The predicted octanol–water partition coefficient (Wildman–Crippen LogP) is 4.09. The summed E-state index contributed by atoms with van der Waals surface area (Å²) in [5.41, 5.74) is 1.45. The van der Waals surface area contributed by atoms with Crippen molar-refractivity contribution in [3.05, 3.63) is 30.3 Å². The number of para-hydroxylation sites is 1. The highest BCUT2D eigenvalue weighted by Crippen LogP contribution is 2.41. The number of nitrogens with zero attached hydrogens (tertiary/aromatic N) is 1. The molecule has 0 spiro atoms. The Kier molecular flexibility index (Phi) is 2.85. The number of piperidine rings is 2. The zero-order chi connectivity index (χ0) is 11.8. The van der Waals surface area contributed by atoms with E-state index in [-0.39, 0.29) is 0 Å². The number of benzene rings is 1. The van der Waals surface area contributed by atoms with E-state index in [1.807, 2.05) is 0 Å². The molecule has 2 aliphatic rings. The fourth-order valence-corrected chi connectivity index (χ4v) is 4.02. The molecule has 2 bridgehead atoms. The van der Waals surface area contributed by atoms with E-state index in [4.69, 9.17) is 0 Å². The van der Waals surface area contributed by atoms with E-state index in [0.717, 1.165) is 23.9 Å². The van der Waals surface area contributed by atoms with Gasteiger partial charge in [-0.2, -0.15) is 0 Å². The highest BCUT2D eigenvalue weighted by atomic mass is 15.2. The van der Waals surface area contributed by atoms with Crippen molar-refractivity contribution >= 4 is 5.69 Å². The van der Waals surface area contributed by atoms with Gasteiger partial charge in [0.25, 0.3) is 0 Å². The van der Waals surface area contributed by atoms with Crippen molar-refractivity contribution in [2.45, 2.75) is 51.6 Å². The molecule has 1 aromatic carbocycles. The maximum Gasteiger partial charge on any atom is 0.0371 e. The highest BCUT2D eigenvalue weighted by molar-refractivity contribution is 5.49. The maximum atomic E-state index is 2.72. The van der Waals surface area contributed by atoms with Crippen LogP contribution in [0.2, 0.25) is 0 Å². The zero-order valence-electron chi connectivity index (χ0n) is 11.0. The molecule has 1 nitrogen and oxygen atoms in total. The summed E-state index contributed by atoms with van der Waals surface area (Å²) in [6.07, 6.45) is 5.54. The summed E-state index contributed by atoms with van der Waals surface area (Å²) in [5.74, 6) is 1.83. The van der Waals surface area contributed by atoms with Crippen molar-refractivity contribution in [2.75, 3.05) is 4.90 Å². The van der Waals surface area contributed by atoms with Crippen molar-refractivity contribution in [1.82, 2.24) is 0 Å². The summed E-state index contributed by atoms with van der Waals surface area (Å²) in [6, 6.07) is 12.6. The molecule has 0 atom stereocenters. The van der Waals surface area contributed by atoms with Crippen LogP contribution < -0.4 is 4.90 Å². The Labute approximate surface area is 105 Å². The third-order valence-corrected chi connectivity index (χ3v) is 4.54. The van der Waals surface area contributed by atoms with Crippen molar-refractivity contribution in [2.24, 2.45) is 11.8 Å². The number of anilines is 1. The molecule has 0 unspecified atom stereocenters. The van der Waals surface area contributed by atoms with Crippen LogP contribution in [-0.4, -0.2) is 12.1 Å². The van der Waals surface area contributed by atoms with Gasteiger partial charge >= 0.3 is 0 Å². The standard InChI is InChI=1S/C16H23N/c1-12-8-15-10-13(2)11-16(9-12)17(15)14-6-4-3-5-7-14/h3-7,12-13,15-16H,8-11H2,1-2H3. The van der Waals surface area contributed by atoms with Crippen LogP contribution in [0.5, 0.6) is 0 Å². The minimum Gasteiger partial charge on any atom is -0.366 e. The zero-order valence-corrected chi connectivity index (χ0v) is 11.0. The van der Waals surface area contributed by atoms with E-state index >= 15 is 0 Å². The lowest BCUT2D eigenvalue weighted by atomic mass is 9.75. The first-order valence-electron chi connectivity index (χ1n) is 7.07. The van der Waals surface area contributed by atoms with E-state index in [1.165, 1.54) is 31.4 Å². The molecule has 2 fully saturated rings. The summed E-state index contributed by atoms with van der Waals surface area (Å²) < 4.78 is 0. The minimum atomic E-state index is 0.787. The second-order valence-electron chi connectivity index (χ2n) is 6.20. The molecule has 0 N–H and O–H groups in total. The van der Waals surface area contributed by atoms with Crippen LogP contribution in [-0.2, 0) is 0 Å². The lowest BCUT2D eigenvalue weighted by molar-refractivity contribution is 0.199. The van der Waals surface area contributed by atoms with Gasteiger partial charge in [-0.3, -0.25) is 0 Å². The van der Waals surface area contributed by atoms with Gasteiger partial charge in [0, 0.05) is 17.8 Å². The molecule has 2 saturated heterocycles. The molecule has 0 aromatic heterocycles. The first kappa shape index (κ1) is 11.1. The van der Waals surface area contributed by atoms with E-state index < -0.39 is 0 Å². The van der Waals surface area contributed by atoms with Crippen molar-refractivity contribution < 1.29 is 0 Å². The number of hydrogen-bond acceptors (Lipinski definition) is 1. The van der Waals surface area contributed by atoms with Crippen LogP contribution in [0.15, 0.2) is 30.3 Å². The van der Waals surface area contributed by atoms with Gasteiger partial charge in [0.2, 0.25) is 0 Å². The molecule has 92 valence electrons. The lowest BCUT2D eigenvalue weighted by Gasteiger charge is -2.51. The van der Waals surface area contributed by atoms with Gasteiger partial charge in [-0.25, -0.2) is 0 Å². The van der Waals surface area contributed by atoms with Gasteiger partial charge in [0.1, 0.15) is 0 Å². The summed E-state index contributed by atoms with van der Waals surface area (Å²) in [6.45, 7) is 4.86. The summed E-state index contributed by atoms with van der Waals surface area (Å²) in [4.78, 5) is 2.72. The third-order valence-electron chi connectivity index (χ3n) is 4.54. The fraction of sp³-hybridized carbons (Fsp3) is 0.625. The molecule has 1 aromatic rings. The summed E-state index contributed by atoms with van der Waals surface area (Å²) in [5, 5.41) is 0. The molecule has 0 aliphatic carbocycles. The van der Waals surface area contributed by atoms with Crippen LogP contribution >= 0.6 is 0 Å². The SMILES string of the molecule is CC1CC2CC(C)CC(C1)N2c1ccccc1. The van der Waals surface area contributed by atoms with Crippen molar-refractivity contribution in [3.8, 4) is 0 Å². The quantitative estimate of drug-likeness (QED) is 0.701. The van der Waals surface area contributed by atoms with Crippen LogP contribution in [0.25, 0.3) is 0 Å². The van der Waals surface area contributed by atoms with E-state index in [9.17, 15) is 0 Å². The van der Waals surface area contributed by atoms with Crippen LogP contribution in [0, 0.1) is 11.8 Å². The monoisotopic (exact) mass is 229 g/mol. The van der Waals surface area contributed by atoms with Gasteiger partial charge in [0.15, 0.2) is 0 Å². The minimum absolute atomic E-state index is 0.787. The first-order valence-corrected chi connectivity index (χ1v) is 7.07. The maximum absolute atomic E-state index is 2.72.